The molecule has 136 valence electrons. The molecule has 1 aliphatic heterocycles. The summed E-state index contributed by atoms with van der Waals surface area (Å²) in [5.41, 5.74) is 6.32. The molecule has 0 bridgehead atoms. The van der Waals surface area contributed by atoms with Gasteiger partial charge in [0, 0.05) is 42.2 Å². The van der Waals surface area contributed by atoms with E-state index in [1.807, 2.05) is 9.47 Å². The monoisotopic (exact) mass is 357 g/mol. The van der Waals surface area contributed by atoms with Gasteiger partial charge in [0.25, 0.3) is 0 Å². The normalized spacial score (nSPS) is 27.5. The number of nitrogens with zero attached hydrogens (tertiary/aromatic N) is 2. The topological polar surface area (TPSA) is 88.6 Å². The molecule has 1 aromatic heterocycles. The molecular weight excluding hydrogens is 337 g/mol. The smallest absolute Gasteiger partial charge is 0.341 e. The van der Waals surface area contributed by atoms with Crippen molar-refractivity contribution >= 4 is 22.6 Å². The number of carboxylic acid groups (broad SMARTS) is 1. The molecule has 7 heteroatoms. The maximum atomic E-state index is 14.8. The van der Waals surface area contributed by atoms with Crippen LogP contribution in [0.1, 0.15) is 42.1 Å². The van der Waals surface area contributed by atoms with E-state index in [1.165, 1.54) is 12.3 Å². The minimum atomic E-state index is -1.28. The summed E-state index contributed by atoms with van der Waals surface area (Å²) in [5, 5.41) is 9.44. The second kappa shape index (κ2) is 5.07. The van der Waals surface area contributed by atoms with Crippen molar-refractivity contribution in [1.29, 1.82) is 0 Å². The van der Waals surface area contributed by atoms with Crippen molar-refractivity contribution in [3.63, 3.8) is 0 Å². The Hall–Kier alpha value is -2.41. The van der Waals surface area contributed by atoms with Crippen LogP contribution in [-0.4, -0.2) is 34.8 Å². The lowest BCUT2D eigenvalue weighted by Crippen LogP contribution is -2.24. The molecule has 26 heavy (non-hydrogen) atoms. The number of aromatic carboxylic acids is 1. The molecule has 1 spiro atoms. The van der Waals surface area contributed by atoms with Gasteiger partial charge in [0.1, 0.15) is 11.4 Å². The van der Waals surface area contributed by atoms with Gasteiger partial charge in [-0.2, -0.15) is 0 Å². The van der Waals surface area contributed by atoms with E-state index in [1.54, 1.807) is 6.07 Å². The first-order valence-corrected chi connectivity index (χ1v) is 9.02. The van der Waals surface area contributed by atoms with Crippen LogP contribution in [0.5, 0.6) is 0 Å². The van der Waals surface area contributed by atoms with Crippen molar-refractivity contribution in [2.45, 2.75) is 37.8 Å². The minimum Gasteiger partial charge on any atom is -0.477 e. The van der Waals surface area contributed by atoms with Gasteiger partial charge in [0.2, 0.25) is 5.43 Å². The number of rotatable bonds is 3. The van der Waals surface area contributed by atoms with E-state index in [9.17, 15) is 19.1 Å². The van der Waals surface area contributed by atoms with Gasteiger partial charge >= 0.3 is 5.97 Å². The molecule has 5 rings (SSSR count). The van der Waals surface area contributed by atoms with Crippen LogP contribution in [0.4, 0.5) is 10.1 Å². The fourth-order valence-electron chi connectivity index (χ4n) is 4.36. The van der Waals surface area contributed by atoms with Crippen molar-refractivity contribution in [2.24, 2.45) is 11.1 Å². The molecule has 6 nitrogen and oxygen atoms in total. The van der Waals surface area contributed by atoms with Crippen molar-refractivity contribution in [1.82, 2.24) is 4.57 Å². The maximum Gasteiger partial charge on any atom is 0.341 e. The first-order valence-electron chi connectivity index (χ1n) is 9.02. The van der Waals surface area contributed by atoms with Gasteiger partial charge in [-0.05, 0) is 37.8 Å². The summed E-state index contributed by atoms with van der Waals surface area (Å²) in [6, 6.07) is 3.29. The average molecular weight is 357 g/mol. The Bertz CT molecular complexity index is 1010. The minimum absolute atomic E-state index is 0.116. The van der Waals surface area contributed by atoms with Crippen LogP contribution in [0.25, 0.3) is 10.9 Å². The summed E-state index contributed by atoms with van der Waals surface area (Å²) in [6.07, 6.45) is 5.22. The van der Waals surface area contributed by atoms with Gasteiger partial charge in [-0.3, -0.25) is 4.79 Å². The Morgan fingerprint density at radius 3 is 2.65 bits per heavy atom. The number of fused-ring (bicyclic) bond motifs is 1. The number of carbonyl (C=O) groups is 1. The molecule has 3 N–H and O–H groups in total. The molecule has 2 unspecified atom stereocenters. The highest BCUT2D eigenvalue weighted by Crippen LogP contribution is 2.52. The molecule has 2 aliphatic carbocycles. The van der Waals surface area contributed by atoms with Gasteiger partial charge in [-0.25, -0.2) is 9.18 Å². The van der Waals surface area contributed by atoms with Gasteiger partial charge in [-0.15, -0.1) is 0 Å². The summed E-state index contributed by atoms with van der Waals surface area (Å²) in [7, 11) is 0. The molecule has 1 saturated heterocycles. The Morgan fingerprint density at radius 2 is 2.08 bits per heavy atom. The zero-order valence-corrected chi connectivity index (χ0v) is 14.2. The van der Waals surface area contributed by atoms with E-state index in [2.05, 4.69) is 0 Å². The van der Waals surface area contributed by atoms with Crippen LogP contribution in [0.15, 0.2) is 23.1 Å². The number of carboxylic acids is 1. The number of aromatic nitrogens is 1. The van der Waals surface area contributed by atoms with E-state index >= 15 is 0 Å². The quantitative estimate of drug-likeness (QED) is 0.878. The third kappa shape index (κ3) is 2.19. The second-order valence-electron chi connectivity index (χ2n) is 7.98. The number of nitrogens with two attached hydrogens (primary N) is 1. The van der Waals surface area contributed by atoms with Gasteiger partial charge in [0.05, 0.1) is 11.2 Å². The first-order chi connectivity index (χ1) is 12.4. The standard InChI is InChI=1S/C19H20FN3O3/c20-13-5-11-14(6-15(13)22-4-3-19(9-22)7-16(19)21)23(10-1-2-10)8-12(17(11)24)18(25)26/h5-6,8,10,16H,1-4,7,9,21H2,(H,25,26). The SMILES string of the molecule is NC1CC12CCN(c1cc3c(cc1F)c(=O)c(C(=O)O)cn3C1CC1)C2. The molecule has 3 fully saturated rings. The number of hydrogen-bond donors (Lipinski definition) is 2. The molecule has 1 aromatic carbocycles. The van der Waals surface area contributed by atoms with Crippen molar-refractivity contribution in [3.05, 3.63) is 39.9 Å². The van der Waals surface area contributed by atoms with Crippen molar-refractivity contribution < 1.29 is 14.3 Å². The fourth-order valence-corrected chi connectivity index (χ4v) is 4.36. The van der Waals surface area contributed by atoms with Gasteiger partial charge < -0.3 is 20.3 Å². The van der Waals surface area contributed by atoms with Gasteiger partial charge in [0.15, 0.2) is 0 Å². The highest BCUT2D eigenvalue weighted by atomic mass is 19.1. The van der Waals surface area contributed by atoms with Crippen LogP contribution in [-0.2, 0) is 0 Å². The zero-order chi connectivity index (χ0) is 18.2. The van der Waals surface area contributed by atoms with Gasteiger partial charge in [-0.1, -0.05) is 0 Å². The summed E-state index contributed by atoms with van der Waals surface area (Å²) in [5.74, 6) is -1.76. The van der Waals surface area contributed by atoms with Crippen molar-refractivity contribution in [2.75, 3.05) is 18.0 Å². The van der Waals surface area contributed by atoms with Crippen LogP contribution in [0, 0.1) is 11.2 Å². The van der Waals surface area contributed by atoms with Crippen molar-refractivity contribution in [3.8, 4) is 0 Å². The van der Waals surface area contributed by atoms with Crippen LogP contribution in [0.3, 0.4) is 0 Å². The lowest BCUT2D eigenvalue weighted by molar-refractivity contribution is 0.0695. The Balaban J connectivity index is 1.67. The summed E-state index contributed by atoms with van der Waals surface area (Å²) >= 11 is 0. The summed E-state index contributed by atoms with van der Waals surface area (Å²) in [6.45, 7) is 1.48. The first kappa shape index (κ1) is 15.8. The number of hydrogen-bond acceptors (Lipinski definition) is 4. The molecule has 2 atom stereocenters. The van der Waals surface area contributed by atoms with Crippen LogP contribution >= 0.6 is 0 Å². The molecule has 2 saturated carbocycles. The maximum absolute atomic E-state index is 14.8. The van der Waals surface area contributed by atoms with E-state index in [-0.39, 0.29) is 28.4 Å². The largest absolute Gasteiger partial charge is 0.477 e. The molecule has 2 aromatic rings. The lowest BCUT2D eigenvalue weighted by Gasteiger charge is -2.21. The Labute approximate surface area is 149 Å². The Morgan fingerprint density at radius 1 is 1.35 bits per heavy atom. The fraction of sp³-hybridized carbons (Fsp3) is 0.474. The zero-order valence-electron chi connectivity index (χ0n) is 14.2. The predicted octanol–water partition coefficient (Wildman–Crippen LogP) is 2.10. The van der Waals surface area contributed by atoms with E-state index in [0.29, 0.717) is 11.2 Å². The number of benzene rings is 1. The third-order valence-electron chi connectivity index (χ3n) is 6.25. The molecule has 3 aliphatic rings. The summed E-state index contributed by atoms with van der Waals surface area (Å²) in [4.78, 5) is 25.9. The lowest BCUT2D eigenvalue weighted by atomic mass is 10.1. The highest BCUT2D eigenvalue weighted by molar-refractivity contribution is 5.93. The molecule has 0 radical (unpaired) electrons. The highest BCUT2D eigenvalue weighted by Gasteiger charge is 2.55. The van der Waals surface area contributed by atoms with Crippen LogP contribution in [0.2, 0.25) is 0 Å². The third-order valence-corrected chi connectivity index (χ3v) is 6.25. The van der Waals surface area contributed by atoms with Crippen LogP contribution < -0.4 is 16.1 Å². The van der Waals surface area contributed by atoms with E-state index in [0.717, 1.165) is 38.8 Å². The number of anilines is 1. The van der Waals surface area contributed by atoms with E-state index < -0.39 is 17.2 Å². The second-order valence-corrected chi connectivity index (χ2v) is 7.98. The molecule has 0 amide bonds. The summed E-state index contributed by atoms with van der Waals surface area (Å²) < 4.78 is 16.7. The Kier molecular flexibility index (Phi) is 3.08. The predicted molar refractivity (Wildman–Crippen MR) is 95.3 cm³/mol. The molecule has 2 heterocycles. The molecular formula is C19H20FN3O3. The van der Waals surface area contributed by atoms with E-state index in [4.69, 9.17) is 5.73 Å². The number of pyridine rings is 1. The number of halogens is 1. The average Bonchev–Trinajstić information content (AvgIpc) is 3.48.